The number of aromatic nitrogens is 3. The fraction of sp³-hybridized carbons (Fsp3) is 0.545. The van der Waals surface area contributed by atoms with E-state index in [1.807, 2.05) is 77.9 Å². The van der Waals surface area contributed by atoms with Crippen molar-refractivity contribution < 1.29 is 28.8 Å². The lowest BCUT2D eigenvalue weighted by Crippen LogP contribution is -2.43. The Morgan fingerprint density at radius 2 is 1.64 bits per heavy atom. The van der Waals surface area contributed by atoms with Crippen molar-refractivity contribution in [1.29, 1.82) is 0 Å². The van der Waals surface area contributed by atoms with E-state index < -0.39 is 23.4 Å². The van der Waals surface area contributed by atoms with Crippen LogP contribution in [0.25, 0.3) is 5.69 Å². The molecule has 0 spiro atoms. The number of rotatable bonds is 15. The Kier molecular flexibility index (Phi) is 11.9. The van der Waals surface area contributed by atoms with Gasteiger partial charge in [-0.25, -0.2) is 4.79 Å². The maximum absolute atomic E-state index is 12.8. The zero-order valence-electron chi connectivity index (χ0n) is 27.9. The van der Waals surface area contributed by atoms with Gasteiger partial charge in [-0.15, -0.1) is 0 Å². The summed E-state index contributed by atoms with van der Waals surface area (Å²) in [6.07, 6.45) is -0.726. The fourth-order valence-electron chi connectivity index (χ4n) is 4.57. The number of carbonyl (C=O) groups excluding carboxylic acids is 1. The minimum atomic E-state index is -1.16. The number of carbonyl (C=O) groups is 1. The molecule has 242 valence electrons. The van der Waals surface area contributed by atoms with Crippen molar-refractivity contribution in [1.82, 2.24) is 25.2 Å². The van der Waals surface area contributed by atoms with Crippen molar-refractivity contribution in [2.75, 3.05) is 33.9 Å². The van der Waals surface area contributed by atoms with Gasteiger partial charge in [0.1, 0.15) is 35.6 Å². The van der Waals surface area contributed by atoms with Gasteiger partial charge in [0.25, 0.3) is 0 Å². The van der Waals surface area contributed by atoms with E-state index in [4.69, 9.17) is 24.0 Å². The zero-order valence-corrected chi connectivity index (χ0v) is 27.9. The van der Waals surface area contributed by atoms with Crippen LogP contribution in [0, 0.1) is 20.8 Å². The molecule has 0 radical (unpaired) electrons. The summed E-state index contributed by atoms with van der Waals surface area (Å²) in [4.78, 5) is 16.5. The van der Waals surface area contributed by atoms with Gasteiger partial charge in [0.15, 0.2) is 5.60 Å². The van der Waals surface area contributed by atoms with Gasteiger partial charge in [-0.05, 0) is 103 Å². The third kappa shape index (κ3) is 10.0. The number of ether oxygens (including phenoxy) is 4. The standard InChI is InChI=1S/C33H49N5O6/c1-22-17-25(18-23(2)30(22)43-33(7,8)31(40)44-32(4,5)6)19-37(21-29(39)34-9)20-28-24(3)35-38(36-28)26-11-13-27(14-12-26)42-16-15-41-10/h11-14,17-18,29,34,39H,15-16,19-21H2,1-10H3. The van der Waals surface area contributed by atoms with Crippen LogP contribution in [0.2, 0.25) is 0 Å². The lowest BCUT2D eigenvalue weighted by molar-refractivity contribution is -0.171. The van der Waals surface area contributed by atoms with Gasteiger partial charge in [-0.1, -0.05) is 12.1 Å². The first kappa shape index (κ1) is 35.0. The molecule has 3 aromatic rings. The van der Waals surface area contributed by atoms with E-state index in [1.54, 1.807) is 32.8 Å². The number of methoxy groups -OCH3 is 1. The number of aliphatic hydroxyl groups excluding tert-OH is 1. The first-order valence-electron chi connectivity index (χ1n) is 14.9. The predicted molar refractivity (Wildman–Crippen MR) is 169 cm³/mol. The summed E-state index contributed by atoms with van der Waals surface area (Å²) in [5.74, 6) is 0.979. The zero-order chi connectivity index (χ0) is 32.7. The monoisotopic (exact) mass is 611 g/mol. The summed E-state index contributed by atoms with van der Waals surface area (Å²) < 4.78 is 22.5. The molecule has 1 heterocycles. The Labute approximate surface area is 261 Å². The summed E-state index contributed by atoms with van der Waals surface area (Å²) >= 11 is 0. The van der Waals surface area contributed by atoms with E-state index in [0.29, 0.717) is 38.6 Å². The second-order valence-corrected chi connectivity index (χ2v) is 12.5. The highest BCUT2D eigenvalue weighted by atomic mass is 16.6. The second-order valence-electron chi connectivity index (χ2n) is 12.5. The van der Waals surface area contributed by atoms with Crippen molar-refractivity contribution in [2.24, 2.45) is 0 Å². The van der Waals surface area contributed by atoms with Crippen molar-refractivity contribution in [3.8, 4) is 17.2 Å². The maximum Gasteiger partial charge on any atom is 0.350 e. The smallest absolute Gasteiger partial charge is 0.350 e. The van der Waals surface area contributed by atoms with Crippen LogP contribution in [0.3, 0.4) is 0 Å². The van der Waals surface area contributed by atoms with Gasteiger partial charge in [0, 0.05) is 26.7 Å². The highest BCUT2D eigenvalue weighted by molar-refractivity contribution is 5.79. The number of hydrogen-bond donors (Lipinski definition) is 2. The molecule has 0 aliphatic rings. The van der Waals surface area contributed by atoms with Crippen LogP contribution in [0.1, 0.15) is 62.7 Å². The first-order chi connectivity index (χ1) is 20.6. The molecular formula is C33H49N5O6. The Bertz CT molecular complexity index is 1360. The number of likely N-dealkylation sites (N-methyl/N-ethyl adjacent to an activating group) is 1. The van der Waals surface area contributed by atoms with Crippen molar-refractivity contribution in [3.63, 3.8) is 0 Å². The highest BCUT2D eigenvalue weighted by Gasteiger charge is 2.35. The average molecular weight is 612 g/mol. The fourth-order valence-corrected chi connectivity index (χ4v) is 4.57. The van der Waals surface area contributed by atoms with Gasteiger partial charge < -0.3 is 24.1 Å². The molecule has 0 fully saturated rings. The molecule has 0 aliphatic carbocycles. The molecule has 3 rings (SSSR count). The number of benzene rings is 2. The average Bonchev–Trinajstić information content (AvgIpc) is 3.30. The van der Waals surface area contributed by atoms with Crippen LogP contribution < -0.4 is 14.8 Å². The van der Waals surface area contributed by atoms with Gasteiger partial charge in [0.2, 0.25) is 0 Å². The van der Waals surface area contributed by atoms with Crippen LogP contribution >= 0.6 is 0 Å². The molecular weight excluding hydrogens is 562 g/mol. The van der Waals surface area contributed by atoms with E-state index in [2.05, 4.69) is 15.3 Å². The number of aliphatic hydroxyl groups is 1. The number of esters is 1. The summed E-state index contributed by atoms with van der Waals surface area (Å²) in [7, 11) is 3.36. The third-order valence-corrected chi connectivity index (χ3v) is 6.81. The van der Waals surface area contributed by atoms with Crippen molar-refractivity contribution in [2.45, 2.75) is 85.9 Å². The summed E-state index contributed by atoms with van der Waals surface area (Å²) in [5, 5.41) is 22.8. The van der Waals surface area contributed by atoms with Gasteiger partial charge in [-0.3, -0.25) is 10.2 Å². The normalized spacial score (nSPS) is 12.8. The van der Waals surface area contributed by atoms with Crippen molar-refractivity contribution >= 4 is 5.97 Å². The molecule has 1 aromatic heterocycles. The molecule has 1 unspecified atom stereocenters. The molecule has 0 amide bonds. The number of aryl methyl sites for hydroxylation is 3. The molecule has 1 atom stereocenters. The topological polar surface area (TPSA) is 120 Å². The van der Waals surface area contributed by atoms with Gasteiger partial charge in [-0.2, -0.15) is 15.0 Å². The quantitative estimate of drug-likeness (QED) is 0.147. The van der Waals surface area contributed by atoms with Gasteiger partial charge >= 0.3 is 5.97 Å². The molecule has 2 aromatic carbocycles. The largest absolute Gasteiger partial charge is 0.491 e. The Hall–Kier alpha value is -3.51. The summed E-state index contributed by atoms with van der Waals surface area (Å²) in [6.45, 7) is 17.2. The van der Waals surface area contributed by atoms with Crippen molar-refractivity contribution in [3.05, 3.63) is 64.5 Å². The number of nitrogens with one attached hydrogen (secondary N) is 1. The highest BCUT2D eigenvalue weighted by Crippen LogP contribution is 2.30. The molecule has 11 nitrogen and oxygen atoms in total. The number of nitrogens with zero attached hydrogens (tertiary/aromatic N) is 4. The second kappa shape index (κ2) is 15.0. The van der Waals surface area contributed by atoms with Crippen LogP contribution in [0.4, 0.5) is 0 Å². The third-order valence-electron chi connectivity index (χ3n) is 6.81. The van der Waals surface area contributed by atoms with E-state index in [1.165, 1.54) is 0 Å². The van der Waals surface area contributed by atoms with Crippen LogP contribution in [0.15, 0.2) is 36.4 Å². The van der Waals surface area contributed by atoms with E-state index in [-0.39, 0.29) is 0 Å². The summed E-state index contributed by atoms with van der Waals surface area (Å²) in [6, 6.07) is 11.7. The lowest BCUT2D eigenvalue weighted by Gasteiger charge is -2.30. The Morgan fingerprint density at radius 1 is 1.00 bits per heavy atom. The molecule has 0 saturated carbocycles. The number of hydrogen-bond acceptors (Lipinski definition) is 10. The van der Waals surface area contributed by atoms with E-state index in [9.17, 15) is 9.90 Å². The minimum absolute atomic E-state index is 0.373. The predicted octanol–water partition coefficient (Wildman–Crippen LogP) is 4.26. The Balaban J connectivity index is 1.78. The minimum Gasteiger partial charge on any atom is -0.491 e. The molecule has 11 heteroatoms. The summed E-state index contributed by atoms with van der Waals surface area (Å²) in [5.41, 5.74) is 3.51. The van der Waals surface area contributed by atoms with Gasteiger partial charge in [0.05, 0.1) is 18.0 Å². The molecule has 0 saturated heterocycles. The van der Waals surface area contributed by atoms with Crippen LogP contribution in [-0.2, 0) is 27.4 Å². The van der Waals surface area contributed by atoms with E-state index in [0.717, 1.165) is 39.5 Å². The molecule has 0 aliphatic heterocycles. The SMILES string of the molecule is CNC(O)CN(Cc1cc(C)c(OC(C)(C)C(=O)OC(C)(C)C)c(C)c1)Cc1nn(-c2ccc(OCCOC)cc2)nc1C. The Morgan fingerprint density at radius 3 is 2.20 bits per heavy atom. The molecule has 2 N–H and O–H groups in total. The molecule has 44 heavy (non-hydrogen) atoms. The molecule has 0 bridgehead atoms. The first-order valence-corrected chi connectivity index (χ1v) is 14.9. The van der Waals surface area contributed by atoms with Crippen LogP contribution in [-0.4, -0.2) is 82.3 Å². The lowest BCUT2D eigenvalue weighted by atomic mass is 10.0. The maximum atomic E-state index is 12.8. The van der Waals surface area contributed by atoms with E-state index >= 15 is 0 Å². The van der Waals surface area contributed by atoms with Crippen LogP contribution in [0.5, 0.6) is 11.5 Å².